The number of benzene rings is 1. The Labute approximate surface area is 133 Å². The molecule has 2 nitrogen and oxygen atoms in total. The highest BCUT2D eigenvalue weighted by molar-refractivity contribution is 5.60. The molecule has 1 atom stereocenters. The van der Waals surface area contributed by atoms with Crippen LogP contribution >= 0.6 is 0 Å². The lowest BCUT2D eigenvalue weighted by molar-refractivity contribution is 0.0827. The number of fused-ring (bicyclic) bond motifs is 1. The first-order valence-corrected chi connectivity index (χ1v) is 8.39. The van der Waals surface area contributed by atoms with Crippen molar-refractivity contribution in [2.75, 3.05) is 0 Å². The van der Waals surface area contributed by atoms with E-state index < -0.39 is 5.60 Å². The normalized spacial score (nSPS) is 20.1. The molecule has 22 heavy (non-hydrogen) atoms. The molecule has 2 heteroatoms. The summed E-state index contributed by atoms with van der Waals surface area (Å²) < 4.78 is 2.21. The predicted molar refractivity (Wildman–Crippen MR) is 91.7 cm³/mol. The second-order valence-corrected chi connectivity index (χ2v) is 6.25. The maximum Gasteiger partial charge on any atom is 0.120 e. The molecule has 0 radical (unpaired) electrons. The van der Waals surface area contributed by atoms with Gasteiger partial charge in [-0.1, -0.05) is 62.6 Å². The lowest BCUT2D eigenvalue weighted by Crippen LogP contribution is -2.28. The molecule has 1 aliphatic carbocycles. The molecule has 0 saturated carbocycles. The molecule has 1 heterocycles. The van der Waals surface area contributed by atoms with Crippen molar-refractivity contribution < 1.29 is 5.11 Å². The molecule has 0 unspecified atom stereocenters. The minimum Gasteiger partial charge on any atom is -0.380 e. The number of nitrogens with zero attached hydrogens (tertiary/aromatic N) is 1. The summed E-state index contributed by atoms with van der Waals surface area (Å²) in [6.45, 7) is 3.27. The van der Waals surface area contributed by atoms with Crippen molar-refractivity contribution in [2.24, 2.45) is 0 Å². The number of hydrogen-bond donors (Lipinski definition) is 1. The lowest BCUT2D eigenvalue weighted by atomic mass is 9.79. The summed E-state index contributed by atoms with van der Waals surface area (Å²) in [6.07, 6.45) is 14.1. The van der Waals surface area contributed by atoms with Crippen LogP contribution in [-0.2, 0) is 12.1 Å². The zero-order valence-electron chi connectivity index (χ0n) is 13.3. The molecule has 1 aromatic heterocycles. The fourth-order valence-corrected chi connectivity index (χ4v) is 3.30. The quantitative estimate of drug-likeness (QED) is 0.766. The third-order valence-electron chi connectivity index (χ3n) is 4.61. The van der Waals surface area contributed by atoms with Crippen LogP contribution in [0.5, 0.6) is 0 Å². The maximum atomic E-state index is 11.3. The average molecular weight is 295 g/mol. The van der Waals surface area contributed by atoms with Gasteiger partial charge in [0.15, 0.2) is 0 Å². The fraction of sp³-hybridized carbons (Fsp3) is 0.400. The summed E-state index contributed by atoms with van der Waals surface area (Å²) >= 11 is 0. The minimum atomic E-state index is -0.889. The highest BCUT2D eigenvalue weighted by Crippen LogP contribution is 2.39. The zero-order chi connectivity index (χ0) is 15.4. The van der Waals surface area contributed by atoms with Crippen molar-refractivity contribution in [2.45, 2.75) is 51.2 Å². The Bertz CT molecular complexity index is 655. The summed E-state index contributed by atoms with van der Waals surface area (Å²) in [5.41, 5.74) is 2.24. The molecule has 2 aromatic rings. The van der Waals surface area contributed by atoms with Crippen molar-refractivity contribution in [3.8, 4) is 0 Å². The molecule has 0 bridgehead atoms. The summed E-state index contributed by atoms with van der Waals surface area (Å²) in [4.78, 5) is 0. The Hall–Kier alpha value is -1.80. The van der Waals surface area contributed by atoms with E-state index in [-0.39, 0.29) is 0 Å². The summed E-state index contributed by atoms with van der Waals surface area (Å²) in [6, 6.07) is 10.2. The van der Waals surface area contributed by atoms with Gasteiger partial charge in [0, 0.05) is 30.9 Å². The van der Waals surface area contributed by atoms with Crippen LogP contribution in [0.4, 0.5) is 0 Å². The number of rotatable bonds is 6. The lowest BCUT2D eigenvalue weighted by Gasteiger charge is -2.31. The summed E-state index contributed by atoms with van der Waals surface area (Å²) in [7, 11) is 0. The highest BCUT2D eigenvalue weighted by atomic mass is 16.3. The minimum absolute atomic E-state index is 0.643. The fourth-order valence-electron chi connectivity index (χ4n) is 3.30. The van der Waals surface area contributed by atoms with E-state index in [9.17, 15) is 5.11 Å². The molecule has 0 saturated heterocycles. The number of unbranched alkanes of at least 4 members (excludes halogenated alkanes) is 3. The molecular weight excluding hydrogens is 270 g/mol. The molecular formula is C20H25NO. The molecule has 3 rings (SSSR count). The average Bonchev–Trinajstić information content (AvgIpc) is 3.02. The predicted octanol–water partition coefficient (Wildman–Crippen LogP) is 4.72. The van der Waals surface area contributed by atoms with Crippen LogP contribution in [0.3, 0.4) is 0 Å². The van der Waals surface area contributed by atoms with Gasteiger partial charge >= 0.3 is 0 Å². The van der Waals surface area contributed by atoms with Gasteiger partial charge in [-0.3, -0.25) is 0 Å². The van der Waals surface area contributed by atoms with Crippen LogP contribution in [0, 0.1) is 0 Å². The second kappa shape index (κ2) is 6.53. The van der Waals surface area contributed by atoms with Crippen LogP contribution in [-0.4, -0.2) is 9.67 Å². The molecule has 0 aliphatic heterocycles. The Morgan fingerprint density at radius 3 is 2.86 bits per heavy atom. The second-order valence-electron chi connectivity index (χ2n) is 6.25. The number of aliphatic hydroxyl groups is 1. The van der Waals surface area contributed by atoms with Crippen molar-refractivity contribution in [1.82, 2.24) is 4.57 Å². The Morgan fingerprint density at radius 2 is 2.00 bits per heavy atom. The van der Waals surface area contributed by atoms with Crippen molar-refractivity contribution in [3.05, 3.63) is 65.5 Å². The largest absolute Gasteiger partial charge is 0.380 e. The molecule has 0 amide bonds. The van der Waals surface area contributed by atoms with E-state index in [2.05, 4.69) is 48.2 Å². The maximum absolute atomic E-state index is 11.3. The van der Waals surface area contributed by atoms with E-state index in [1.54, 1.807) is 0 Å². The molecule has 1 aromatic carbocycles. The third-order valence-corrected chi connectivity index (χ3v) is 4.61. The highest BCUT2D eigenvalue weighted by Gasteiger charge is 2.34. The monoisotopic (exact) mass is 295 g/mol. The van der Waals surface area contributed by atoms with Crippen LogP contribution < -0.4 is 0 Å². The molecule has 116 valence electrons. The van der Waals surface area contributed by atoms with Crippen LogP contribution in [0.2, 0.25) is 0 Å². The van der Waals surface area contributed by atoms with Gasteiger partial charge in [0.1, 0.15) is 5.60 Å². The first kappa shape index (κ1) is 15.1. The smallest absolute Gasteiger partial charge is 0.120 e. The van der Waals surface area contributed by atoms with Crippen molar-refractivity contribution in [3.63, 3.8) is 0 Å². The van der Waals surface area contributed by atoms with Gasteiger partial charge < -0.3 is 9.67 Å². The van der Waals surface area contributed by atoms with E-state index in [1.165, 1.54) is 25.7 Å². The van der Waals surface area contributed by atoms with E-state index in [0.29, 0.717) is 6.42 Å². The van der Waals surface area contributed by atoms with Gasteiger partial charge in [0.25, 0.3) is 0 Å². The topological polar surface area (TPSA) is 25.2 Å². The van der Waals surface area contributed by atoms with Gasteiger partial charge in [-0.25, -0.2) is 0 Å². The first-order chi connectivity index (χ1) is 10.7. The Kier molecular flexibility index (Phi) is 4.49. The van der Waals surface area contributed by atoms with Crippen LogP contribution in [0.25, 0.3) is 6.08 Å². The number of aryl methyl sites for hydroxylation is 1. The van der Waals surface area contributed by atoms with Gasteiger partial charge in [0.05, 0.1) is 0 Å². The standard InChI is InChI=1S/C20H25NO/c1-2-3-4-7-14-21-15-12-18(16-21)20(22)13-8-10-17-9-5-6-11-19(17)20/h5-6,8-12,15-16,22H,2-4,7,13-14H2,1H3/t20-/m1/s1. The van der Waals surface area contributed by atoms with E-state index in [4.69, 9.17) is 0 Å². The molecule has 0 spiro atoms. The Morgan fingerprint density at radius 1 is 1.14 bits per heavy atom. The van der Waals surface area contributed by atoms with Crippen molar-refractivity contribution in [1.29, 1.82) is 0 Å². The summed E-state index contributed by atoms with van der Waals surface area (Å²) in [5.74, 6) is 0. The van der Waals surface area contributed by atoms with Gasteiger partial charge in [-0.15, -0.1) is 0 Å². The van der Waals surface area contributed by atoms with Gasteiger partial charge in [-0.2, -0.15) is 0 Å². The number of aromatic nitrogens is 1. The molecule has 1 N–H and O–H groups in total. The Balaban J connectivity index is 1.79. The van der Waals surface area contributed by atoms with E-state index in [0.717, 1.165) is 23.2 Å². The van der Waals surface area contributed by atoms with E-state index >= 15 is 0 Å². The van der Waals surface area contributed by atoms with Gasteiger partial charge in [0.2, 0.25) is 0 Å². The van der Waals surface area contributed by atoms with Crippen LogP contribution in [0.1, 0.15) is 55.7 Å². The number of hydrogen-bond acceptors (Lipinski definition) is 1. The van der Waals surface area contributed by atoms with Crippen LogP contribution in [0.15, 0.2) is 48.8 Å². The zero-order valence-corrected chi connectivity index (χ0v) is 13.3. The summed E-state index contributed by atoms with van der Waals surface area (Å²) in [5, 5.41) is 11.3. The SMILES string of the molecule is CCCCCCn1ccc([C@]2(O)CC=Cc3ccccc32)c1. The molecule has 0 fully saturated rings. The van der Waals surface area contributed by atoms with Gasteiger partial charge in [-0.05, 0) is 23.6 Å². The third kappa shape index (κ3) is 2.89. The molecule has 1 aliphatic rings. The van der Waals surface area contributed by atoms with E-state index in [1.807, 2.05) is 18.2 Å². The first-order valence-electron chi connectivity index (χ1n) is 8.39. The van der Waals surface area contributed by atoms with Crippen molar-refractivity contribution >= 4 is 6.08 Å².